The number of halogens is 1. The first kappa shape index (κ1) is 19.5. The first-order valence-electron chi connectivity index (χ1n) is 8.64. The van der Waals surface area contributed by atoms with Gasteiger partial charge in [0.15, 0.2) is 5.58 Å². The highest BCUT2D eigenvalue weighted by Gasteiger charge is 2.19. The first-order chi connectivity index (χ1) is 12.8. The number of hydrogen-bond donors (Lipinski definition) is 0. The Morgan fingerprint density at radius 3 is 2.70 bits per heavy atom. The molecule has 0 aliphatic heterocycles. The molecule has 0 aliphatic carbocycles. The highest BCUT2D eigenvalue weighted by molar-refractivity contribution is 6.76. The van der Waals surface area contributed by atoms with E-state index in [1.165, 1.54) is 4.57 Å². The van der Waals surface area contributed by atoms with Gasteiger partial charge in [-0.05, 0) is 24.3 Å². The summed E-state index contributed by atoms with van der Waals surface area (Å²) in [4.78, 5) is 21.0. The summed E-state index contributed by atoms with van der Waals surface area (Å²) in [6, 6.07) is 4.50. The Morgan fingerprint density at radius 1 is 1.30 bits per heavy atom. The molecule has 6 nitrogen and oxygen atoms in total. The zero-order valence-electron chi connectivity index (χ0n) is 15.7. The molecule has 8 heteroatoms. The highest BCUT2D eigenvalue weighted by Crippen LogP contribution is 2.31. The predicted octanol–water partition coefficient (Wildman–Crippen LogP) is 4.66. The Hall–Kier alpha value is -2.22. The van der Waals surface area contributed by atoms with E-state index < -0.39 is 13.8 Å². The minimum atomic E-state index is -1.20. The van der Waals surface area contributed by atoms with E-state index in [-0.39, 0.29) is 6.73 Å². The van der Waals surface area contributed by atoms with E-state index in [1.807, 2.05) is 0 Å². The van der Waals surface area contributed by atoms with E-state index in [0.717, 1.165) is 6.04 Å². The first-order valence-corrected chi connectivity index (χ1v) is 12.7. The van der Waals surface area contributed by atoms with Gasteiger partial charge in [0.2, 0.25) is 0 Å². The van der Waals surface area contributed by atoms with Crippen molar-refractivity contribution in [1.29, 1.82) is 0 Å². The zero-order chi connectivity index (χ0) is 19.6. The third kappa shape index (κ3) is 4.37. The van der Waals surface area contributed by atoms with Crippen LogP contribution in [-0.2, 0) is 11.5 Å². The number of benzene rings is 1. The molecule has 3 rings (SSSR count). The van der Waals surface area contributed by atoms with Crippen LogP contribution in [0.5, 0.6) is 0 Å². The minimum Gasteiger partial charge on any atom is -0.407 e. The number of oxazole rings is 1. The fraction of sp³-hybridized carbons (Fsp3) is 0.316. The van der Waals surface area contributed by atoms with Crippen LogP contribution in [0.4, 0.5) is 0 Å². The minimum absolute atomic E-state index is 0.0978. The zero-order valence-corrected chi connectivity index (χ0v) is 17.4. The Balaban J connectivity index is 1.96. The van der Waals surface area contributed by atoms with Crippen LogP contribution in [-0.4, -0.2) is 29.2 Å². The molecule has 0 spiro atoms. The number of nitrogens with zero attached hydrogens (tertiary/aromatic N) is 3. The van der Waals surface area contributed by atoms with Crippen molar-refractivity contribution in [1.82, 2.24) is 14.5 Å². The topological polar surface area (TPSA) is 70.2 Å². The summed E-state index contributed by atoms with van der Waals surface area (Å²) in [5, 5.41) is 0.420. The average Bonchev–Trinajstić information content (AvgIpc) is 2.95. The maximum Gasteiger partial charge on any atom is 0.421 e. The van der Waals surface area contributed by atoms with Crippen molar-refractivity contribution in [3.05, 3.63) is 52.4 Å². The second kappa shape index (κ2) is 7.80. The molecule has 1 aromatic carbocycles. The Morgan fingerprint density at radius 2 is 2.07 bits per heavy atom. The Labute approximate surface area is 163 Å². The van der Waals surface area contributed by atoms with Crippen LogP contribution < -0.4 is 5.76 Å². The van der Waals surface area contributed by atoms with E-state index in [2.05, 4.69) is 36.2 Å². The molecule has 0 saturated carbocycles. The number of fused-ring (bicyclic) bond motifs is 1. The summed E-state index contributed by atoms with van der Waals surface area (Å²) >= 11 is 6.35. The van der Waals surface area contributed by atoms with E-state index in [4.69, 9.17) is 20.8 Å². The lowest BCUT2D eigenvalue weighted by molar-refractivity contribution is 0.0850. The van der Waals surface area contributed by atoms with Crippen LogP contribution in [0.1, 0.15) is 5.69 Å². The Kier molecular flexibility index (Phi) is 5.64. The van der Waals surface area contributed by atoms with Crippen LogP contribution >= 0.6 is 11.6 Å². The van der Waals surface area contributed by atoms with E-state index in [0.29, 0.717) is 39.7 Å². The van der Waals surface area contributed by atoms with Gasteiger partial charge in [-0.25, -0.2) is 9.36 Å². The lowest BCUT2D eigenvalue weighted by Gasteiger charge is -2.15. The highest BCUT2D eigenvalue weighted by atomic mass is 35.5. The SMILES string of the molecule is C=Cc1cnc(-c2ccc(Cl)c3c2oc(=O)n3COCC[Si](C)(C)C)cn1. The normalized spacial score (nSPS) is 11.9. The van der Waals surface area contributed by atoms with Gasteiger partial charge in [-0.2, -0.15) is 0 Å². The molecule has 0 aliphatic rings. The lowest BCUT2D eigenvalue weighted by atomic mass is 10.1. The van der Waals surface area contributed by atoms with Gasteiger partial charge in [-0.1, -0.05) is 37.8 Å². The molecule has 0 radical (unpaired) electrons. The van der Waals surface area contributed by atoms with Crippen LogP contribution in [0.15, 0.2) is 40.3 Å². The lowest BCUT2D eigenvalue weighted by Crippen LogP contribution is -2.23. The molecule has 142 valence electrons. The van der Waals surface area contributed by atoms with Crippen LogP contribution in [0.3, 0.4) is 0 Å². The maximum atomic E-state index is 12.4. The molecular weight excluding hydrogens is 382 g/mol. The van der Waals surface area contributed by atoms with Crippen molar-refractivity contribution >= 4 is 36.9 Å². The molecule has 0 N–H and O–H groups in total. The second-order valence-corrected chi connectivity index (χ2v) is 13.5. The third-order valence-electron chi connectivity index (χ3n) is 4.14. The van der Waals surface area contributed by atoms with Crippen molar-refractivity contribution in [3.8, 4) is 11.3 Å². The van der Waals surface area contributed by atoms with Gasteiger partial charge in [-0.15, -0.1) is 0 Å². The fourth-order valence-corrected chi connectivity index (χ4v) is 3.58. The predicted molar refractivity (Wildman–Crippen MR) is 111 cm³/mol. The summed E-state index contributed by atoms with van der Waals surface area (Å²) in [6.07, 6.45) is 4.83. The average molecular weight is 404 g/mol. The van der Waals surface area contributed by atoms with Gasteiger partial charge in [0, 0.05) is 20.2 Å². The molecular formula is C19H22ClN3O3Si. The van der Waals surface area contributed by atoms with Crippen LogP contribution in [0.2, 0.25) is 30.7 Å². The molecule has 0 unspecified atom stereocenters. The molecule has 27 heavy (non-hydrogen) atoms. The van der Waals surface area contributed by atoms with Gasteiger partial charge < -0.3 is 9.15 Å². The van der Waals surface area contributed by atoms with Crippen molar-refractivity contribution in [2.24, 2.45) is 0 Å². The van der Waals surface area contributed by atoms with Crippen molar-refractivity contribution in [2.75, 3.05) is 6.61 Å². The van der Waals surface area contributed by atoms with Crippen molar-refractivity contribution in [3.63, 3.8) is 0 Å². The standard InChI is InChI=1S/C19H22ClN3O3Si/c1-5-13-10-22-16(11-21-13)14-6-7-15(20)17-18(14)26-19(24)23(17)12-25-8-9-27(2,3)4/h5-7,10-11H,1,8-9,12H2,2-4H3. The summed E-state index contributed by atoms with van der Waals surface area (Å²) in [5.74, 6) is -0.511. The van der Waals surface area contributed by atoms with Gasteiger partial charge in [0.05, 0.1) is 28.8 Å². The maximum absolute atomic E-state index is 12.4. The van der Waals surface area contributed by atoms with E-state index in [9.17, 15) is 4.79 Å². The van der Waals surface area contributed by atoms with E-state index in [1.54, 1.807) is 30.6 Å². The summed E-state index contributed by atoms with van der Waals surface area (Å²) in [7, 11) is -1.20. The molecule has 3 aromatic rings. The monoisotopic (exact) mass is 403 g/mol. The molecule has 2 heterocycles. The number of ether oxygens (including phenoxy) is 1. The van der Waals surface area contributed by atoms with Crippen LogP contribution in [0, 0.1) is 0 Å². The second-order valence-electron chi connectivity index (χ2n) is 7.45. The van der Waals surface area contributed by atoms with Gasteiger partial charge in [-0.3, -0.25) is 9.97 Å². The van der Waals surface area contributed by atoms with Crippen molar-refractivity contribution < 1.29 is 9.15 Å². The summed E-state index contributed by atoms with van der Waals surface area (Å²) in [6.45, 7) is 11.2. The molecule has 2 aromatic heterocycles. The molecule has 0 amide bonds. The van der Waals surface area contributed by atoms with Gasteiger partial charge in [0.1, 0.15) is 12.2 Å². The van der Waals surface area contributed by atoms with Crippen molar-refractivity contribution in [2.45, 2.75) is 32.4 Å². The quantitative estimate of drug-likeness (QED) is 0.423. The number of aromatic nitrogens is 3. The Bertz CT molecular complexity index is 1020. The largest absolute Gasteiger partial charge is 0.421 e. The molecule has 0 saturated heterocycles. The fourth-order valence-electron chi connectivity index (χ4n) is 2.57. The number of hydrogen-bond acceptors (Lipinski definition) is 5. The van der Waals surface area contributed by atoms with Crippen LogP contribution in [0.25, 0.3) is 28.4 Å². The summed E-state index contributed by atoms with van der Waals surface area (Å²) < 4.78 is 12.6. The van der Waals surface area contributed by atoms with Gasteiger partial charge >= 0.3 is 5.76 Å². The smallest absolute Gasteiger partial charge is 0.407 e. The van der Waals surface area contributed by atoms with Gasteiger partial charge in [0.25, 0.3) is 0 Å². The van der Waals surface area contributed by atoms with E-state index >= 15 is 0 Å². The molecule has 0 fully saturated rings. The summed E-state index contributed by atoms with van der Waals surface area (Å²) in [5.41, 5.74) is 2.78. The number of rotatable bonds is 7. The molecule has 0 atom stereocenters. The molecule has 0 bridgehead atoms. The third-order valence-corrected chi connectivity index (χ3v) is 6.14.